The standard InChI is InChI=1S/C17H26F3NO7S2.CH4/c1-5-24-14(25-6-2)11(30-16(29)26-7-3)8-10-12(28-15(23)27-10)13(17(18,19)20)21-9(4)22;/h10-14H,5-8H2,1-4H3,(H,21,22);1H4/t10-,11?,12+,13?;/m0./s1. The van der Waals surface area contributed by atoms with E-state index in [0.717, 1.165) is 18.7 Å². The van der Waals surface area contributed by atoms with Gasteiger partial charge in [0, 0.05) is 26.6 Å². The quantitative estimate of drug-likeness (QED) is 0.262. The number of carbonyl (C=O) groups is 2. The topological polar surface area (TPSA) is 92.3 Å². The molecule has 1 aliphatic rings. The summed E-state index contributed by atoms with van der Waals surface area (Å²) in [5, 5.41) is 1.12. The van der Waals surface area contributed by atoms with Crippen LogP contribution in [-0.4, -0.2) is 72.2 Å². The van der Waals surface area contributed by atoms with Crippen molar-refractivity contribution in [3.63, 3.8) is 0 Å². The van der Waals surface area contributed by atoms with Crippen molar-refractivity contribution < 1.29 is 46.4 Å². The molecule has 1 amide bonds. The Morgan fingerprint density at radius 3 is 2.23 bits per heavy atom. The summed E-state index contributed by atoms with van der Waals surface area (Å²) >= 11 is 6.16. The van der Waals surface area contributed by atoms with E-state index in [9.17, 15) is 22.8 Å². The van der Waals surface area contributed by atoms with Crippen molar-refractivity contribution in [2.24, 2.45) is 0 Å². The van der Waals surface area contributed by atoms with E-state index in [1.165, 1.54) is 0 Å². The molecule has 0 aromatic heterocycles. The highest BCUT2D eigenvalue weighted by molar-refractivity contribution is 8.23. The third-order valence-electron chi connectivity index (χ3n) is 3.83. The van der Waals surface area contributed by atoms with Crippen molar-refractivity contribution in [2.75, 3.05) is 19.8 Å². The smallest absolute Gasteiger partial charge is 0.479 e. The lowest BCUT2D eigenvalue weighted by atomic mass is 10.0. The van der Waals surface area contributed by atoms with E-state index in [4.69, 9.17) is 35.9 Å². The van der Waals surface area contributed by atoms with Crippen LogP contribution >= 0.6 is 24.0 Å². The number of carbonyl (C=O) groups excluding carboxylic acids is 2. The maximum Gasteiger partial charge on any atom is 0.509 e. The number of thioether (sulfide) groups is 1. The van der Waals surface area contributed by atoms with Crippen LogP contribution in [0.3, 0.4) is 0 Å². The van der Waals surface area contributed by atoms with Crippen molar-refractivity contribution in [1.29, 1.82) is 0 Å². The molecule has 13 heteroatoms. The number of hydrogen-bond acceptors (Lipinski definition) is 9. The lowest BCUT2D eigenvalue weighted by molar-refractivity contribution is -0.182. The number of halogens is 3. The molecule has 2 unspecified atom stereocenters. The summed E-state index contributed by atoms with van der Waals surface area (Å²) in [6, 6.07) is -2.44. The number of alkyl halides is 3. The number of rotatable bonds is 11. The summed E-state index contributed by atoms with van der Waals surface area (Å²) < 4.78 is 66.8. The summed E-state index contributed by atoms with van der Waals surface area (Å²) in [7, 11) is 0. The normalized spacial score (nSPS) is 20.3. The van der Waals surface area contributed by atoms with Gasteiger partial charge in [0.05, 0.1) is 11.9 Å². The molecule has 1 aliphatic heterocycles. The van der Waals surface area contributed by atoms with Crippen molar-refractivity contribution in [1.82, 2.24) is 5.32 Å². The number of cyclic esters (lactones) is 2. The highest BCUT2D eigenvalue weighted by Gasteiger charge is 2.55. The third kappa shape index (κ3) is 9.79. The first kappa shape index (κ1) is 29.7. The minimum Gasteiger partial charge on any atom is -0.479 e. The molecule has 1 saturated heterocycles. The van der Waals surface area contributed by atoms with Gasteiger partial charge < -0.3 is 29.0 Å². The molecule has 0 aliphatic carbocycles. The van der Waals surface area contributed by atoms with Gasteiger partial charge in [-0.1, -0.05) is 19.2 Å². The number of nitrogens with one attached hydrogen (secondary N) is 1. The first-order valence-corrected chi connectivity index (χ1v) is 10.6. The number of amides is 1. The van der Waals surface area contributed by atoms with E-state index in [1.807, 2.05) is 0 Å². The van der Waals surface area contributed by atoms with Crippen LogP contribution < -0.4 is 5.32 Å². The zero-order chi connectivity index (χ0) is 22.9. The van der Waals surface area contributed by atoms with Crippen LogP contribution in [0.4, 0.5) is 18.0 Å². The van der Waals surface area contributed by atoms with E-state index in [2.05, 4.69) is 0 Å². The minimum absolute atomic E-state index is 0. The summed E-state index contributed by atoms with van der Waals surface area (Å²) in [5.41, 5.74) is 0. The van der Waals surface area contributed by atoms with Gasteiger partial charge in [0.25, 0.3) is 0 Å². The Morgan fingerprint density at radius 2 is 1.77 bits per heavy atom. The fraction of sp³-hybridized carbons (Fsp3) is 0.833. The Morgan fingerprint density at radius 1 is 1.19 bits per heavy atom. The molecule has 1 rings (SSSR count). The summed E-state index contributed by atoms with van der Waals surface area (Å²) in [6.45, 7) is 6.96. The number of ether oxygens (including phenoxy) is 5. The first-order valence-electron chi connectivity index (χ1n) is 9.31. The van der Waals surface area contributed by atoms with Crippen LogP contribution in [0.5, 0.6) is 0 Å². The van der Waals surface area contributed by atoms with Crippen LogP contribution in [0.1, 0.15) is 41.5 Å². The van der Waals surface area contributed by atoms with E-state index in [1.54, 1.807) is 26.1 Å². The molecule has 0 aromatic carbocycles. The van der Waals surface area contributed by atoms with Crippen LogP contribution in [-0.2, 0) is 28.5 Å². The van der Waals surface area contributed by atoms with Gasteiger partial charge in [0.2, 0.25) is 10.3 Å². The fourth-order valence-electron chi connectivity index (χ4n) is 2.75. The summed E-state index contributed by atoms with van der Waals surface area (Å²) in [5.74, 6) is -0.927. The van der Waals surface area contributed by atoms with Gasteiger partial charge >= 0.3 is 12.3 Å². The molecule has 1 N–H and O–H groups in total. The van der Waals surface area contributed by atoms with Gasteiger partial charge in [-0.2, -0.15) is 13.2 Å². The van der Waals surface area contributed by atoms with Gasteiger partial charge in [-0.15, -0.1) is 0 Å². The zero-order valence-corrected chi connectivity index (χ0v) is 18.7. The molecule has 182 valence electrons. The van der Waals surface area contributed by atoms with Crippen LogP contribution in [0.15, 0.2) is 0 Å². The largest absolute Gasteiger partial charge is 0.509 e. The Hall–Kier alpha value is -1.31. The van der Waals surface area contributed by atoms with E-state index < -0.39 is 48.0 Å². The Balaban J connectivity index is 0.00000900. The van der Waals surface area contributed by atoms with Crippen LogP contribution in [0.25, 0.3) is 0 Å². The molecule has 0 saturated carbocycles. The predicted octanol–water partition coefficient (Wildman–Crippen LogP) is 3.81. The second kappa shape index (κ2) is 14.0. The molecule has 0 bridgehead atoms. The maximum absolute atomic E-state index is 13.5. The molecule has 31 heavy (non-hydrogen) atoms. The summed E-state index contributed by atoms with van der Waals surface area (Å²) in [6.07, 6.45) is -10.2. The average molecular weight is 494 g/mol. The Labute approximate surface area is 189 Å². The van der Waals surface area contributed by atoms with Crippen LogP contribution in [0, 0.1) is 0 Å². The van der Waals surface area contributed by atoms with Crippen molar-refractivity contribution in [2.45, 2.75) is 77.5 Å². The predicted molar refractivity (Wildman–Crippen MR) is 113 cm³/mol. The van der Waals surface area contributed by atoms with Crippen molar-refractivity contribution in [3.05, 3.63) is 0 Å². The lowest BCUT2D eigenvalue weighted by Crippen LogP contribution is -2.55. The van der Waals surface area contributed by atoms with Gasteiger partial charge in [0.15, 0.2) is 18.4 Å². The summed E-state index contributed by atoms with van der Waals surface area (Å²) in [4.78, 5) is 23.0. The zero-order valence-electron chi connectivity index (χ0n) is 17.0. The van der Waals surface area contributed by atoms with E-state index in [-0.39, 0.29) is 31.4 Å². The molecule has 0 aromatic rings. The molecular weight excluding hydrogens is 463 g/mol. The van der Waals surface area contributed by atoms with Gasteiger partial charge in [-0.3, -0.25) is 4.79 Å². The molecule has 0 spiro atoms. The second-order valence-corrected chi connectivity index (χ2v) is 7.90. The molecule has 4 atom stereocenters. The van der Waals surface area contributed by atoms with E-state index >= 15 is 0 Å². The highest BCUT2D eigenvalue weighted by atomic mass is 32.2. The SMILES string of the molecule is C.CCOC(=S)SC(C[C@@H]1OC(=O)O[C@H]1C(NC(C)=O)C(F)(F)F)C(OCC)OCC. The van der Waals surface area contributed by atoms with Gasteiger partial charge in [-0.05, 0) is 33.0 Å². The molecule has 0 radical (unpaired) electrons. The van der Waals surface area contributed by atoms with Gasteiger partial charge in [0.1, 0.15) is 6.10 Å². The molecule has 8 nitrogen and oxygen atoms in total. The Bertz CT molecular complexity index is 589. The molecule has 1 heterocycles. The highest BCUT2D eigenvalue weighted by Crippen LogP contribution is 2.35. The monoisotopic (exact) mass is 493 g/mol. The average Bonchev–Trinajstić information content (AvgIpc) is 2.98. The molecule has 1 fully saturated rings. The van der Waals surface area contributed by atoms with E-state index in [0.29, 0.717) is 6.61 Å². The van der Waals surface area contributed by atoms with Crippen molar-refractivity contribution in [3.8, 4) is 0 Å². The number of thiocarbonyl (C=S) groups is 1. The first-order chi connectivity index (χ1) is 14.0. The second-order valence-electron chi connectivity index (χ2n) is 6.06. The fourth-order valence-corrected chi connectivity index (χ4v) is 4.23. The molecular formula is C18H30F3NO7S2. The van der Waals surface area contributed by atoms with Crippen LogP contribution in [0.2, 0.25) is 0 Å². The van der Waals surface area contributed by atoms with Gasteiger partial charge in [-0.25, -0.2) is 4.79 Å². The lowest BCUT2D eigenvalue weighted by Gasteiger charge is -2.31. The Kier molecular flexibility index (Phi) is 13.4. The third-order valence-corrected chi connectivity index (χ3v) is 5.26. The number of hydrogen-bond donors (Lipinski definition) is 1. The van der Waals surface area contributed by atoms with Crippen molar-refractivity contribution >= 4 is 40.4 Å². The maximum atomic E-state index is 13.5. The minimum atomic E-state index is -4.87.